The number of aryl methyl sites for hydroxylation is 1. The van der Waals surface area contributed by atoms with Crippen LogP contribution in [0.5, 0.6) is 5.75 Å². The van der Waals surface area contributed by atoms with Crippen molar-refractivity contribution in [2.75, 3.05) is 20.2 Å². The molecule has 2 N–H and O–H groups in total. The van der Waals surface area contributed by atoms with Crippen molar-refractivity contribution in [2.24, 2.45) is 0 Å². The maximum Gasteiger partial charge on any atom is 0.337 e. The van der Waals surface area contributed by atoms with E-state index in [4.69, 9.17) is 9.84 Å². The van der Waals surface area contributed by atoms with Crippen LogP contribution in [0.4, 0.5) is 0 Å². The number of nitrogens with zero attached hydrogens (tertiary/aromatic N) is 2. The number of hydrogen-bond donors (Lipinski definition) is 2. The molecule has 4 rings (SSSR count). The van der Waals surface area contributed by atoms with Gasteiger partial charge in [-0.1, -0.05) is 6.42 Å². The summed E-state index contributed by atoms with van der Waals surface area (Å²) in [5.74, 6) is 0.0817. The molecule has 148 valence electrons. The molecule has 1 aliphatic rings. The third-order valence-corrected chi connectivity index (χ3v) is 5.07. The lowest BCUT2D eigenvalue weighted by Crippen LogP contribution is -2.29. The molecule has 6 nitrogen and oxygen atoms in total. The molecule has 0 amide bonds. The number of pyridine rings is 1. The predicted octanol–water partition coefficient (Wildman–Crippen LogP) is 4.25. The Morgan fingerprint density at radius 3 is 2.68 bits per heavy atom. The molecule has 0 atom stereocenters. The summed E-state index contributed by atoms with van der Waals surface area (Å²) in [6.07, 6.45) is 8.89. The maximum atomic E-state index is 10.2. The minimum Gasteiger partial charge on any atom is -0.496 e. The van der Waals surface area contributed by atoms with E-state index < -0.39 is 5.97 Å². The van der Waals surface area contributed by atoms with Crippen molar-refractivity contribution >= 4 is 16.9 Å². The van der Waals surface area contributed by atoms with E-state index in [-0.39, 0.29) is 5.56 Å². The first-order valence-electron chi connectivity index (χ1n) is 9.59. The third-order valence-electron chi connectivity index (χ3n) is 5.07. The first-order valence-corrected chi connectivity index (χ1v) is 9.59. The van der Waals surface area contributed by atoms with Gasteiger partial charge in [-0.2, -0.15) is 0 Å². The zero-order valence-corrected chi connectivity index (χ0v) is 16.4. The molecule has 28 heavy (non-hydrogen) atoms. The number of piperidine rings is 1. The van der Waals surface area contributed by atoms with Crippen LogP contribution in [0.25, 0.3) is 10.9 Å². The normalized spacial score (nSPS) is 14.4. The van der Waals surface area contributed by atoms with Crippen LogP contribution < -0.4 is 4.74 Å². The minimum atomic E-state index is -0.942. The fraction of sp³-hybridized carbons (Fsp3) is 0.364. The standard InChI is InChI=1S/C16H22N2O.C6H5NO2/c1-12-10-15(19-2)14(13-6-7-17-16(12)13)11-18-8-4-3-5-9-18;8-6(9)5-2-1-3-7-4-5/h6-7,10,17H,3-5,8-9,11H2,1-2H3;1-4H,(H,8,9). The van der Waals surface area contributed by atoms with Crippen LogP contribution in [0.15, 0.2) is 42.9 Å². The summed E-state index contributed by atoms with van der Waals surface area (Å²) in [6.45, 7) is 5.55. The van der Waals surface area contributed by atoms with E-state index in [2.05, 4.69) is 33.9 Å². The third kappa shape index (κ3) is 4.70. The molecule has 1 aliphatic heterocycles. The van der Waals surface area contributed by atoms with Crippen molar-refractivity contribution in [2.45, 2.75) is 32.7 Å². The summed E-state index contributed by atoms with van der Waals surface area (Å²) in [4.78, 5) is 19.7. The second-order valence-electron chi connectivity index (χ2n) is 7.02. The SMILES string of the molecule is COc1cc(C)c2[nH]ccc2c1CN1CCCCC1.O=C(O)c1cccnc1. The van der Waals surface area contributed by atoms with E-state index in [9.17, 15) is 4.79 Å². The number of fused-ring (bicyclic) bond motifs is 1. The summed E-state index contributed by atoms with van der Waals surface area (Å²) in [7, 11) is 1.77. The fourth-order valence-electron chi connectivity index (χ4n) is 3.61. The van der Waals surface area contributed by atoms with Crippen LogP contribution in [-0.4, -0.2) is 46.1 Å². The quantitative estimate of drug-likeness (QED) is 0.706. The Bertz CT molecular complexity index is 915. The summed E-state index contributed by atoms with van der Waals surface area (Å²) in [5, 5.41) is 9.65. The van der Waals surface area contributed by atoms with Crippen molar-refractivity contribution in [3.05, 3.63) is 59.5 Å². The number of likely N-dealkylation sites (tertiary alicyclic amines) is 1. The van der Waals surface area contributed by atoms with Gasteiger partial charge in [0.15, 0.2) is 0 Å². The Kier molecular flexibility index (Phi) is 6.66. The Balaban J connectivity index is 0.000000211. The number of methoxy groups -OCH3 is 1. The van der Waals surface area contributed by atoms with Crippen molar-refractivity contribution in [3.63, 3.8) is 0 Å². The summed E-state index contributed by atoms with van der Waals surface area (Å²) in [6, 6.07) is 7.40. The number of rotatable bonds is 4. The lowest BCUT2D eigenvalue weighted by molar-refractivity contribution is 0.0696. The summed E-state index contributed by atoms with van der Waals surface area (Å²) < 4.78 is 5.60. The molecule has 1 saturated heterocycles. The van der Waals surface area contributed by atoms with Gasteiger partial charge < -0.3 is 14.8 Å². The Morgan fingerprint density at radius 2 is 2.07 bits per heavy atom. The molecule has 0 saturated carbocycles. The van der Waals surface area contributed by atoms with Crippen molar-refractivity contribution < 1.29 is 14.6 Å². The maximum absolute atomic E-state index is 10.2. The highest BCUT2D eigenvalue weighted by molar-refractivity contribution is 5.88. The number of benzene rings is 1. The fourth-order valence-corrected chi connectivity index (χ4v) is 3.61. The second-order valence-corrected chi connectivity index (χ2v) is 7.02. The van der Waals surface area contributed by atoms with Crippen LogP contribution in [0.1, 0.15) is 40.7 Å². The van der Waals surface area contributed by atoms with Crippen molar-refractivity contribution in [1.29, 1.82) is 0 Å². The molecule has 3 aromatic rings. The first-order chi connectivity index (χ1) is 13.6. The number of H-pyrrole nitrogens is 1. The molecule has 3 heterocycles. The molecule has 2 aromatic heterocycles. The number of carbonyl (C=O) groups is 1. The van der Waals surface area contributed by atoms with Crippen LogP contribution in [0.3, 0.4) is 0 Å². The average molecular weight is 381 g/mol. The van der Waals surface area contributed by atoms with E-state index in [0.717, 1.165) is 12.3 Å². The number of hydrogen-bond acceptors (Lipinski definition) is 4. The first kappa shape index (κ1) is 19.9. The van der Waals surface area contributed by atoms with E-state index in [0.29, 0.717) is 0 Å². The number of aromatic nitrogens is 2. The van der Waals surface area contributed by atoms with Crippen LogP contribution in [0, 0.1) is 6.92 Å². The van der Waals surface area contributed by atoms with Crippen molar-refractivity contribution in [3.8, 4) is 5.75 Å². The van der Waals surface area contributed by atoms with Gasteiger partial charge in [-0.05, 0) is 62.7 Å². The summed E-state index contributed by atoms with van der Waals surface area (Å²) >= 11 is 0. The lowest BCUT2D eigenvalue weighted by Gasteiger charge is -2.27. The zero-order chi connectivity index (χ0) is 19.9. The molecule has 0 spiro atoms. The molecule has 0 radical (unpaired) electrons. The molecule has 0 aliphatic carbocycles. The summed E-state index contributed by atoms with van der Waals surface area (Å²) in [5.41, 5.74) is 4.04. The Hall–Kier alpha value is -2.86. The molecular formula is C22H27N3O3. The predicted molar refractivity (Wildman–Crippen MR) is 110 cm³/mol. The molecule has 0 bridgehead atoms. The van der Waals surface area contributed by atoms with Gasteiger partial charge in [0, 0.05) is 41.6 Å². The van der Waals surface area contributed by atoms with E-state index in [1.165, 1.54) is 72.8 Å². The van der Waals surface area contributed by atoms with Gasteiger partial charge >= 0.3 is 5.97 Å². The lowest BCUT2D eigenvalue weighted by atomic mass is 10.0. The van der Waals surface area contributed by atoms with E-state index in [1.54, 1.807) is 13.2 Å². The number of nitrogens with one attached hydrogen (secondary N) is 1. The van der Waals surface area contributed by atoms with Gasteiger partial charge in [-0.15, -0.1) is 0 Å². The van der Waals surface area contributed by atoms with E-state index in [1.807, 2.05) is 6.20 Å². The largest absolute Gasteiger partial charge is 0.496 e. The van der Waals surface area contributed by atoms with Crippen LogP contribution >= 0.6 is 0 Å². The smallest absolute Gasteiger partial charge is 0.337 e. The van der Waals surface area contributed by atoms with Gasteiger partial charge in [-0.3, -0.25) is 9.88 Å². The monoisotopic (exact) mass is 381 g/mol. The topological polar surface area (TPSA) is 78.5 Å². The highest BCUT2D eigenvalue weighted by Gasteiger charge is 2.17. The second kappa shape index (κ2) is 9.37. The van der Waals surface area contributed by atoms with Crippen molar-refractivity contribution in [1.82, 2.24) is 14.9 Å². The van der Waals surface area contributed by atoms with Gasteiger partial charge in [0.25, 0.3) is 0 Å². The number of aromatic carboxylic acids is 1. The molecule has 1 aromatic carbocycles. The van der Waals surface area contributed by atoms with Gasteiger partial charge in [0.05, 0.1) is 12.7 Å². The number of ether oxygens (including phenoxy) is 1. The molecule has 0 unspecified atom stereocenters. The van der Waals surface area contributed by atoms with Crippen LogP contribution in [0.2, 0.25) is 0 Å². The number of carboxylic acids is 1. The highest BCUT2D eigenvalue weighted by Crippen LogP contribution is 2.32. The number of carboxylic acid groups (broad SMARTS) is 1. The Labute approximate surface area is 165 Å². The molecular weight excluding hydrogens is 354 g/mol. The molecule has 6 heteroatoms. The average Bonchev–Trinajstić information content (AvgIpc) is 3.22. The van der Waals surface area contributed by atoms with E-state index >= 15 is 0 Å². The minimum absolute atomic E-state index is 0.220. The highest BCUT2D eigenvalue weighted by atomic mass is 16.5. The Morgan fingerprint density at radius 1 is 1.29 bits per heavy atom. The van der Waals surface area contributed by atoms with Crippen LogP contribution in [-0.2, 0) is 6.54 Å². The number of aromatic amines is 1. The van der Waals surface area contributed by atoms with Gasteiger partial charge in [0.2, 0.25) is 0 Å². The van der Waals surface area contributed by atoms with Gasteiger partial charge in [0.1, 0.15) is 5.75 Å². The van der Waals surface area contributed by atoms with Gasteiger partial charge in [-0.25, -0.2) is 4.79 Å². The molecule has 1 fully saturated rings. The zero-order valence-electron chi connectivity index (χ0n) is 16.4.